The van der Waals surface area contributed by atoms with Gasteiger partial charge in [0, 0.05) is 18.0 Å². The number of rotatable bonds is 4. The van der Waals surface area contributed by atoms with E-state index in [1.54, 1.807) is 0 Å². The van der Waals surface area contributed by atoms with Crippen molar-refractivity contribution in [2.45, 2.75) is 31.8 Å². The minimum Gasteiger partial charge on any atom is -0.423 e. The fourth-order valence-corrected chi connectivity index (χ4v) is 3.84. The van der Waals surface area contributed by atoms with E-state index in [-0.39, 0.29) is 12.2 Å². The van der Waals surface area contributed by atoms with Crippen LogP contribution in [0.5, 0.6) is 0 Å². The van der Waals surface area contributed by atoms with E-state index in [0.29, 0.717) is 12.1 Å². The fraction of sp³-hybridized carbons (Fsp3) is 0.286. The predicted molar refractivity (Wildman–Crippen MR) is 97.6 cm³/mol. The first-order valence-corrected chi connectivity index (χ1v) is 8.59. The molecule has 2 N–H and O–H groups in total. The Labute approximate surface area is 146 Å². The Hall–Kier alpha value is -2.43. The first kappa shape index (κ1) is 16.1. The average Bonchev–Trinajstić information content (AvgIpc) is 2.98. The summed E-state index contributed by atoms with van der Waals surface area (Å²) in [5, 5.41) is 14.6. The lowest BCUT2D eigenvalue weighted by molar-refractivity contribution is 0.159. The fourth-order valence-electron chi connectivity index (χ4n) is 3.84. The van der Waals surface area contributed by atoms with Crippen LogP contribution in [0.1, 0.15) is 28.7 Å². The molecule has 1 atom stereocenters. The zero-order valence-electron chi connectivity index (χ0n) is 14.2. The second-order valence-electron chi connectivity index (χ2n) is 6.84. The largest absolute Gasteiger partial charge is 0.423 e. The van der Waals surface area contributed by atoms with Crippen LogP contribution in [0.15, 0.2) is 57.7 Å². The average molecular weight is 335 g/mol. The molecule has 0 saturated heterocycles. The second-order valence-corrected chi connectivity index (χ2v) is 6.84. The Bertz CT molecular complexity index is 992. The summed E-state index contributed by atoms with van der Waals surface area (Å²) in [5.41, 5.74) is 4.18. The highest BCUT2D eigenvalue weighted by Gasteiger charge is 2.37. The lowest BCUT2D eigenvalue weighted by atomic mass is 9.92. The third-order valence-electron chi connectivity index (χ3n) is 5.23. The van der Waals surface area contributed by atoms with Gasteiger partial charge in [0.25, 0.3) is 0 Å². The van der Waals surface area contributed by atoms with Crippen molar-refractivity contribution >= 4 is 11.0 Å². The Morgan fingerprint density at radius 1 is 1.20 bits per heavy atom. The van der Waals surface area contributed by atoms with Crippen molar-refractivity contribution in [1.29, 1.82) is 0 Å². The Kier molecular flexibility index (Phi) is 3.94. The normalized spacial score (nSPS) is 19.3. The van der Waals surface area contributed by atoms with Crippen molar-refractivity contribution in [1.82, 2.24) is 5.32 Å². The van der Waals surface area contributed by atoms with Gasteiger partial charge >= 0.3 is 5.63 Å². The molecule has 4 rings (SSSR count). The second kappa shape index (κ2) is 6.14. The number of benzene rings is 2. The topological polar surface area (TPSA) is 62.5 Å². The highest BCUT2D eigenvalue weighted by Crippen LogP contribution is 2.36. The van der Waals surface area contributed by atoms with Gasteiger partial charge < -0.3 is 14.8 Å². The van der Waals surface area contributed by atoms with Gasteiger partial charge in [-0.15, -0.1) is 0 Å². The van der Waals surface area contributed by atoms with Crippen LogP contribution < -0.4 is 10.9 Å². The predicted octanol–water partition coefficient (Wildman–Crippen LogP) is 3.03. The molecule has 0 bridgehead atoms. The van der Waals surface area contributed by atoms with Crippen molar-refractivity contribution in [3.63, 3.8) is 0 Å². The van der Waals surface area contributed by atoms with Crippen molar-refractivity contribution < 1.29 is 9.52 Å². The molecule has 0 fully saturated rings. The number of hydrogen-bond acceptors (Lipinski definition) is 4. The molecule has 1 unspecified atom stereocenters. The van der Waals surface area contributed by atoms with Crippen molar-refractivity contribution in [3.05, 3.63) is 81.2 Å². The number of aliphatic hydroxyl groups excluding tert-OH is 1. The molecule has 1 aromatic heterocycles. The van der Waals surface area contributed by atoms with Crippen LogP contribution in [-0.4, -0.2) is 11.7 Å². The van der Waals surface area contributed by atoms with Crippen molar-refractivity contribution in [2.75, 3.05) is 6.61 Å². The quantitative estimate of drug-likeness (QED) is 0.720. The molecule has 1 aliphatic rings. The van der Waals surface area contributed by atoms with Crippen molar-refractivity contribution in [3.8, 4) is 0 Å². The van der Waals surface area contributed by atoms with E-state index >= 15 is 0 Å². The van der Waals surface area contributed by atoms with E-state index in [2.05, 4.69) is 17.4 Å². The van der Waals surface area contributed by atoms with Gasteiger partial charge in [-0.3, -0.25) is 0 Å². The highest BCUT2D eigenvalue weighted by atomic mass is 16.4. The summed E-state index contributed by atoms with van der Waals surface area (Å²) >= 11 is 0. The van der Waals surface area contributed by atoms with E-state index < -0.39 is 5.54 Å². The molecule has 1 aliphatic carbocycles. The van der Waals surface area contributed by atoms with Gasteiger partial charge in [0.15, 0.2) is 0 Å². The third-order valence-corrected chi connectivity index (χ3v) is 5.23. The van der Waals surface area contributed by atoms with Gasteiger partial charge in [-0.05, 0) is 48.1 Å². The maximum Gasteiger partial charge on any atom is 0.336 e. The van der Waals surface area contributed by atoms with E-state index in [1.807, 2.05) is 37.3 Å². The molecule has 0 radical (unpaired) electrons. The smallest absolute Gasteiger partial charge is 0.336 e. The molecule has 3 aromatic rings. The zero-order chi connectivity index (χ0) is 17.4. The van der Waals surface area contributed by atoms with Crippen LogP contribution >= 0.6 is 0 Å². The van der Waals surface area contributed by atoms with E-state index in [1.165, 1.54) is 11.6 Å². The molecule has 0 aliphatic heterocycles. The summed E-state index contributed by atoms with van der Waals surface area (Å²) in [6.45, 7) is 2.50. The Morgan fingerprint density at radius 2 is 2.04 bits per heavy atom. The van der Waals surface area contributed by atoms with Gasteiger partial charge in [-0.2, -0.15) is 0 Å². The molecule has 4 nitrogen and oxygen atoms in total. The third kappa shape index (κ3) is 2.77. The number of fused-ring (bicyclic) bond motifs is 2. The van der Waals surface area contributed by atoms with E-state index in [0.717, 1.165) is 34.9 Å². The number of aryl methyl sites for hydroxylation is 2. The standard InChI is InChI=1S/C21H21NO3/c1-14-6-7-17-16(11-20(24)25-19(17)10-14)12-22-21(13-23)9-8-15-4-2-3-5-18(15)21/h2-7,10-11,22-23H,8-9,12-13H2,1H3. The first-order chi connectivity index (χ1) is 12.1. The minimum atomic E-state index is -0.455. The Morgan fingerprint density at radius 3 is 2.88 bits per heavy atom. The maximum absolute atomic E-state index is 11.9. The van der Waals surface area contributed by atoms with Gasteiger partial charge in [-0.1, -0.05) is 36.4 Å². The lowest BCUT2D eigenvalue weighted by Gasteiger charge is -2.30. The van der Waals surface area contributed by atoms with E-state index in [4.69, 9.17) is 4.42 Å². The summed E-state index contributed by atoms with van der Waals surface area (Å²) in [7, 11) is 0. The van der Waals surface area contributed by atoms with Gasteiger partial charge in [0.2, 0.25) is 0 Å². The first-order valence-electron chi connectivity index (χ1n) is 8.59. The molecule has 0 spiro atoms. The number of nitrogens with one attached hydrogen (secondary N) is 1. The molecule has 2 aromatic carbocycles. The van der Waals surface area contributed by atoms with Gasteiger partial charge in [0.1, 0.15) is 5.58 Å². The number of aliphatic hydroxyl groups is 1. The monoisotopic (exact) mass is 335 g/mol. The molecule has 4 heteroatoms. The van der Waals surface area contributed by atoms with Gasteiger partial charge in [-0.25, -0.2) is 4.79 Å². The lowest BCUT2D eigenvalue weighted by Crippen LogP contribution is -2.43. The summed E-state index contributed by atoms with van der Waals surface area (Å²) in [6, 6.07) is 15.6. The van der Waals surface area contributed by atoms with Crippen LogP contribution in [0.3, 0.4) is 0 Å². The summed E-state index contributed by atoms with van der Waals surface area (Å²) in [6.07, 6.45) is 1.79. The molecular formula is C21H21NO3. The van der Waals surface area contributed by atoms with Crippen LogP contribution in [0, 0.1) is 6.92 Å². The van der Waals surface area contributed by atoms with Crippen LogP contribution in [0.4, 0.5) is 0 Å². The van der Waals surface area contributed by atoms with Crippen molar-refractivity contribution in [2.24, 2.45) is 0 Å². The van der Waals surface area contributed by atoms with Gasteiger partial charge in [0.05, 0.1) is 12.1 Å². The van der Waals surface area contributed by atoms with Crippen LogP contribution in [-0.2, 0) is 18.5 Å². The maximum atomic E-state index is 11.9. The number of hydrogen-bond donors (Lipinski definition) is 2. The zero-order valence-corrected chi connectivity index (χ0v) is 14.2. The highest BCUT2D eigenvalue weighted by molar-refractivity contribution is 5.80. The van der Waals surface area contributed by atoms with E-state index in [9.17, 15) is 9.90 Å². The molecule has 1 heterocycles. The van der Waals surface area contributed by atoms with Crippen LogP contribution in [0.2, 0.25) is 0 Å². The summed E-state index contributed by atoms with van der Waals surface area (Å²) in [5.74, 6) is 0. The molecule has 0 saturated carbocycles. The molecule has 0 amide bonds. The van der Waals surface area contributed by atoms with Crippen LogP contribution in [0.25, 0.3) is 11.0 Å². The SMILES string of the molecule is Cc1ccc2c(CNC3(CO)CCc4ccccc43)cc(=O)oc2c1. The molecule has 128 valence electrons. The molecule has 25 heavy (non-hydrogen) atoms. The molecular weight excluding hydrogens is 314 g/mol. The minimum absolute atomic E-state index is 0.0303. The Balaban J connectivity index is 1.70. The summed E-state index contributed by atoms with van der Waals surface area (Å²) < 4.78 is 5.33. The summed E-state index contributed by atoms with van der Waals surface area (Å²) in [4.78, 5) is 11.9.